The lowest BCUT2D eigenvalue weighted by Gasteiger charge is -2.32. The summed E-state index contributed by atoms with van der Waals surface area (Å²) in [4.78, 5) is 33.4. The van der Waals surface area contributed by atoms with E-state index in [2.05, 4.69) is 6.58 Å². The number of nitrogens with zero attached hydrogens (tertiary/aromatic N) is 2. The third kappa shape index (κ3) is 3.52. The molecule has 30 heavy (non-hydrogen) atoms. The minimum absolute atomic E-state index is 0.233. The molecular formula is C23H24N2O5. The van der Waals surface area contributed by atoms with E-state index in [1.807, 2.05) is 48.5 Å². The Bertz CT molecular complexity index is 946. The summed E-state index contributed by atoms with van der Waals surface area (Å²) in [5.41, 5.74) is 2.41. The zero-order valence-electron chi connectivity index (χ0n) is 16.8. The topological polar surface area (TPSA) is 68.3 Å². The Morgan fingerprint density at radius 1 is 1.20 bits per heavy atom. The first kappa shape index (κ1) is 20.0. The molecule has 0 saturated carbocycles. The molecule has 0 radical (unpaired) electrons. The number of urea groups is 1. The SMILES string of the molecule is C=CCOc1cccc2c1[C@@H]1CN(C(=O)N1OCc1ccccc1)[C@H]2C(=O)OCC. The lowest BCUT2D eigenvalue weighted by molar-refractivity contribution is -0.149. The number of esters is 1. The van der Waals surface area contributed by atoms with Crippen LogP contribution >= 0.6 is 0 Å². The molecule has 7 heteroatoms. The number of fused-ring (bicyclic) bond motifs is 4. The molecule has 2 aromatic carbocycles. The van der Waals surface area contributed by atoms with Crippen LogP contribution in [0.5, 0.6) is 5.75 Å². The van der Waals surface area contributed by atoms with Gasteiger partial charge in [0.15, 0.2) is 6.04 Å². The fraction of sp³-hybridized carbons (Fsp3) is 0.304. The number of hydroxylamine groups is 2. The zero-order chi connectivity index (χ0) is 21.1. The van der Waals surface area contributed by atoms with Crippen molar-refractivity contribution in [3.05, 3.63) is 77.9 Å². The quantitative estimate of drug-likeness (QED) is 0.491. The van der Waals surface area contributed by atoms with Crippen molar-refractivity contribution >= 4 is 12.0 Å². The van der Waals surface area contributed by atoms with E-state index in [1.165, 1.54) is 9.96 Å². The van der Waals surface area contributed by atoms with Crippen LogP contribution in [0.25, 0.3) is 0 Å². The second-order valence-electron chi connectivity index (χ2n) is 7.05. The molecule has 0 aromatic heterocycles. The van der Waals surface area contributed by atoms with E-state index in [-0.39, 0.29) is 25.3 Å². The molecule has 2 bridgehead atoms. The molecule has 7 nitrogen and oxygen atoms in total. The monoisotopic (exact) mass is 408 g/mol. The number of benzene rings is 2. The van der Waals surface area contributed by atoms with Gasteiger partial charge in [-0.25, -0.2) is 9.59 Å². The van der Waals surface area contributed by atoms with Crippen LogP contribution in [0.15, 0.2) is 61.2 Å². The number of carbonyl (C=O) groups is 2. The van der Waals surface area contributed by atoms with Gasteiger partial charge in [-0.1, -0.05) is 55.1 Å². The van der Waals surface area contributed by atoms with Crippen molar-refractivity contribution in [2.24, 2.45) is 0 Å². The molecule has 2 heterocycles. The van der Waals surface area contributed by atoms with Gasteiger partial charge in [0.05, 0.1) is 13.2 Å². The molecular weight excluding hydrogens is 384 g/mol. The van der Waals surface area contributed by atoms with Crippen LogP contribution in [0.2, 0.25) is 0 Å². The summed E-state index contributed by atoms with van der Waals surface area (Å²) in [5, 5.41) is 1.35. The van der Waals surface area contributed by atoms with Crippen LogP contribution in [0.3, 0.4) is 0 Å². The number of ether oxygens (including phenoxy) is 2. The van der Waals surface area contributed by atoms with Crippen LogP contribution in [-0.4, -0.2) is 41.7 Å². The molecule has 156 valence electrons. The summed E-state index contributed by atoms with van der Waals surface area (Å²) in [6.45, 7) is 6.55. The fourth-order valence-electron chi connectivity index (χ4n) is 3.96. The molecule has 2 amide bonds. The van der Waals surface area contributed by atoms with Crippen molar-refractivity contribution in [2.75, 3.05) is 19.8 Å². The third-order valence-electron chi connectivity index (χ3n) is 5.21. The minimum atomic E-state index is -0.832. The van der Waals surface area contributed by atoms with E-state index >= 15 is 0 Å². The predicted molar refractivity (Wildman–Crippen MR) is 109 cm³/mol. The number of hydrogen-bond acceptors (Lipinski definition) is 5. The molecule has 2 aromatic rings. The van der Waals surface area contributed by atoms with E-state index in [1.54, 1.807) is 13.0 Å². The predicted octanol–water partition coefficient (Wildman–Crippen LogP) is 3.78. The van der Waals surface area contributed by atoms with Crippen molar-refractivity contribution in [2.45, 2.75) is 25.6 Å². The summed E-state index contributed by atoms with van der Waals surface area (Å²) in [5.74, 6) is 0.144. The highest BCUT2D eigenvalue weighted by molar-refractivity contribution is 5.88. The first-order valence-electron chi connectivity index (χ1n) is 9.95. The molecule has 0 spiro atoms. The summed E-state index contributed by atoms with van der Waals surface area (Å²) in [6.07, 6.45) is 1.65. The van der Waals surface area contributed by atoms with Crippen LogP contribution in [0.4, 0.5) is 4.79 Å². The Morgan fingerprint density at radius 3 is 2.73 bits per heavy atom. The zero-order valence-corrected chi connectivity index (χ0v) is 16.8. The first-order chi connectivity index (χ1) is 14.7. The van der Waals surface area contributed by atoms with Gasteiger partial charge in [-0.3, -0.25) is 4.84 Å². The molecule has 2 atom stereocenters. The normalized spacial score (nSPS) is 19.4. The average Bonchev–Trinajstić information content (AvgIpc) is 3.03. The molecule has 0 aliphatic carbocycles. The van der Waals surface area contributed by atoms with Gasteiger partial charge in [-0.2, -0.15) is 5.06 Å². The lowest BCUT2D eigenvalue weighted by Crippen LogP contribution is -2.39. The summed E-state index contributed by atoms with van der Waals surface area (Å²) in [6, 6.07) is 13.5. The van der Waals surface area contributed by atoms with Gasteiger partial charge >= 0.3 is 12.0 Å². The van der Waals surface area contributed by atoms with Gasteiger partial charge in [0.25, 0.3) is 0 Å². The van der Waals surface area contributed by atoms with Gasteiger partial charge < -0.3 is 14.4 Å². The van der Waals surface area contributed by atoms with E-state index in [0.29, 0.717) is 24.5 Å². The number of hydrogen-bond donors (Lipinski definition) is 0. The van der Waals surface area contributed by atoms with Gasteiger partial charge in [0, 0.05) is 5.56 Å². The first-order valence-corrected chi connectivity index (χ1v) is 9.95. The maximum Gasteiger partial charge on any atom is 0.345 e. The number of amides is 2. The second-order valence-corrected chi connectivity index (χ2v) is 7.05. The lowest BCUT2D eigenvalue weighted by atomic mass is 9.90. The largest absolute Gasteiger partial charge is 0.489 e. The molecule has 1 fully saturated rings. The molecule has 0 unspecified atom stereocenters. The molecule has 2 aliphatic rings. The highest BCUT2D eigenvalue weighted by atomic mass is 16.7. The van der Waals surface area contributed by atoms with Crippen LogP contribution in [0.1, 0.15) is 35.7 Å². The summed E-state index contributed by atoms with van der Waals surface area (Å²) < 4.78 is 11.1. The molecule has 0 N–H and O–H groups in total. The third-order valence-corrected chi connectivity index (χ3v) is 5.21. The Hall–Kier alpha value is -3.32. The minimum Gasteiger partial charge on any atom is -0.489 e. The smallest absolute Gasteiger partial charge is 0.345 e. The van der Waals surface area contributed by atoms with E-state index in [0.717, 1.165) is 11.1 Å². The van der Waals surface area contributed by atoms with E-state index in [4.69, 9.17) is 14.3 Å². The average molecular weight is 408 g/mol. The highest BCUT2D eigenvalue weighted by Gasteiger charge is 2.52. The Labute approximate surface area is 175 Å². The Kier molecular flexibility index (Phi) is 5.72. The number of rotatable bonds is 8. The Morgan fingerprint density at radius 2 is 2.00 bits per heavy atom. The summed E-state index contributed by atoms with van der Waals surface area (Å²) >= 11 is 0. The highest BCUT2D eigenvalue weighted by Crippen LogP contribution is 2.48. The van der Waals surface area contributed by atoms with Gasteiger partial charge in [-0.05, 0) is 24.1 Å². The Balaban J connectivity index is 1.71. The summed E-state index contributed by atoms with van der Waals surface area (Å²) in [7, 11) is 0. The molecule has 4 rings (SSSR count). The van der Waals surface area contributed by atoms with Crippen LogP contribution in [0, 0.1) is 0 Å². The molecule has 2 aliphatic heterocycles. The molecule has 1 saturated heterocycles. The maximum absolute atomic E-state index is 13.2. The van der Waals surface area contributed by atoms with E-state index < -0.39 is 12.0 Å². The van der Waals surface area contributed by atoms with Crippen LogP contribution in [-0.2, 0) is 21.0 Å². The fourth-order valence-corrected chi connectivity index (χ4v) is 3.96. The maximum atomic E-state index is 13.2. The van der Waals surface area contributed by atoms with Crippen molar-refractivity contribution in [3.8, 4) is 5.75 Å². The number of carbonyl (C=O) groups excluding carboxylic acids is 2. The van der Waals surface area contributed by atoms with Crippen molar-refractivity contribution in [1.82, 2.24) is 9.96 Å². The van der Waals surface area contributed by atoms with Crippen molar-refractivity contribution in [3.63, 3.8) is 0 Å². The van der Waals surface area contributed by atoms with Gasteiger partial charge in [0.2, 0.25) is 0 Å². The van der Waals surface area contributed by atoms with Gasteiger partial charge in [0.1, 0.15) is 25.0 Å². The van der Waals surface area contributed by atoms with Gasteiger partial charge in [-0.15, -0.1) is 0 Å². The standard InChI is InChI=1S/C23H24N2O5/c1-3-13-29-19-12-8-11-17-20(19)18-14-24(21(17)22(26)28-4-2)23(27)25(18)30-15-16-9-6-5-7-10-16/h3,5-12,18,21H,1,4,13-15H2,2H3/t18-,21+/m0/s1. The second kappa shape index (κ2) is 8.59. The van der Waals surface area contributed by atoms with Crippen molar-refractivity contribution in [1.29, 1.82) is 0 Å². The van der Waals surface area contributed by atoms with Crippen molar-refractivity contribution < 1.29 is 23.9 Å². The van der Waals surface area contributed by atoms with E-state index in [9.17, 15) is 9.59 Å². The van der Waals surface area contributed by atoms with Crippen LogP contribution < -0.4 is 4.74 Å².